The SMILES string of the molecule is CCCOc1ccc(N2C(=O)[C@@H]3[C@H](ON(c4ccccc4)[C@H]3c3ccc(F)cc3)C2=O)cc1. The van der Waals surface area contributed by atoms with E-state index in [2.05, 4.69) is 0 Å². The average Bonchev–Trinajstić information content (AvgIpc) is 3.35. The highest BCUT2D eigenvalue weighted by Gasteiger charge is 2.60. The van der Waals surface area contributed by atoms with E-state index in [1.165, 1.54) is 17.0 Å². The van der Waals surface area contributed by atoms with Gasteiger partial charge in [-0.1, -0.05) is 37.3 Å². The molecule has 2 aliphatic heterocycles. The van der Waals surface area contributed by atoms with E-state index in [1.807, 2.05) is 37.3 Å². The first-order valence-corrected chi connectivity index (χ1v) is 11.0. The zero-order valence-electron chi connectivity index (χ0n) is 18.1. The molecule has 2 saturated heterocycles. The molecule has 0 bridgehead atoms. The number of hydrogen-bond donors (Lipinski definition) is 0. The number of ether oxygens (including phenoxy) is 1. The standard InChI is InChI=1S/C26H23FN2O4/c1-2-16-32-21-14-12-19(13-15-21)28-25(30)22-23(17-8-10-18(27)11-9-17)29(33-24(22)26(28)31)20-6-4-3-5-7-20/h3-15,22-24H,2,16H2,1H3/t22-,23-,24-/m0/s1. The van der Waals surface area contributed by atoms with Crippen LogP contribution >= 0.6 is 0 Å². The van der Waals surface area contributed by atoms with Crippen LogP contribution in [0.3, 0.4) is 0 Å². The summed E-state index contributed by atoms with van der Waals surface area (Å²) >= 11 is 0. The predicted molar refractivity (Wildman–Crippen MR) is 121 cm³/mol. The number of nitrogens with zero attached hydrogens (tertiary/aromatic N) is 2. The van der Waals surface area contributed by atoms with Gasteiger partial charge in [0, 0.05) is 0 Å². The highest BCUT2D eigenvalue weighted by molar-refractivity contribution is 6.23. The van der Waals surface area contributed by atoms with Gasteiger partial charge in [-0.25, -0.2) is 14.4 Å². The van der Waals surface area contributed by atoms with Crippen LogP contribution in [-0.4, -0.2) is 24.5 Å². The second-order valence-electron chi connectivity index (χ2n) is 8.06. The maximum atomic E-state index is 13.6. The van der Waals surface area contributed by atoms with Crippen LogP contribution in [0.15, 0.2) is 78.9 Å². The minimum atomic E-state index is -0.969. The van der Waals surface area contributed by atoms with Gasteiger partial charge < -0.3 is 4.74 Å². The molecule has 0 saturated carbocycles. The topological polar surface area (TPSA) is 59.1 Å². The molecule has 2 heterocycles. The van der Waals surface area contributed by atoms with Gasteiger partial charge in [0.05, 0.1) is 24.0 Å². The van der Waals surface area contributed by atoms with Crippen molar-refractivity contribution in [2.75, 3.05) is 16.6 Å². The number of hydroxylamine groups is 1. The Kier molecular flexibility index (Phi) is 5.56. The number of amides is 2. The lowest BCUT2D eigenvalue weighted by molar-refractivity contribution is -0.126. The minimum Gasteiger partial charge on any atom is -0.494 e. The van der Waals surface area contributed by atoms with Gasteiger partial charge in [0.2, 0.25) is 5.91 Å². The van der Waals surface area contributed by atoms with E-state index in [0.717, 1.165) is 6.42 Å². The summed E-state index contributed by atoms with van der Waals surface area (Å²) in [5, 5.41) is 1.59. The molecule has 0 aliphatic carbocycles. The van der Waals surface area contributed by atoms with Crippen molar-refractivity contribution in [3.05, 3.63) is 90.2 Å². The Balaban J connectivity index is 1.49. The number of fused-ring (bicyclic) bond motifs is 1. The van der Waals surface area contributed by atoms with Crippen molar-refractivity contribution >= 4 is 23.2 Å². The molecule has 0 radical (unpaired) electrons. The normalized spacial score (nSPS) is 22.1. The van der Waals surface area contributed by atoms with Gasteiger partial charge in [-0.3, -0.25) is 14.4 Å². The van der Waals surface area contributed by atoms with Gasteiger partial charge in [-0.15, -0.1) is 0 Å². The highest BCUT2D eigenvalue weighted by atomic mass is 19.1. The molecule has 2 fully saturated rings. The number of para-hydroxylation sites is 1. The number of anilines is 2. The van der Waals surface area contributed by atoms with Gasteiger partial charge in [-0.05, 0) is 60.5 Å². The van der Waals surface area contributed by atoms with Crippen LogP contribution in [0.25, 0.3) is 0 Å². The van der Waals surface area contributed by atoms with Crippen LogP contribution in [0.5, 0.6) is 5.75 Å². The molecule has 33 heavy (non-hydrogen) atoms. The van der Waals surface area contributed by atoms with Crippen molar-refractivity contribution in [1.82, 2.24) is 0 Å². The van der Waals surface area contributed by atoms with Crippen molar-refractivity contribution in [2.24, 2.45) is 5.92 Å². The van der Waals surface area contributed by atoms with Gasteiger partial charge in [-0.2, -0.15) is 0 Å². The van der Waals surface area contributed by atoms with E-state index in [1.54, 1.807) is 41.5 Å². The summed E-state index contributed by atoms with van der Waals surface area (Å²) < 4.78 is 19.2. The monoisotopic (exact) mass is 446 g/mol. The molecule has 3 aromatic rings. The summed E-state index contributed by atoms with van der Waals surface area (Å²) in [4.78, 5) is 34.2. The summed E-state index contributed by atoms with van der Waals surface area (Å²) in [6.07, 6.45) is -0.0856. The first-order valence-electron chi connectivity index (χ1n) is 11.0. The van der Waals surface area contributed by atoms with Crippen LogP contribution in [-0.2, 0) is 14.4 Å². The Hall–Kier alpha value is -3.71. The third kappa shape index (κ3) is 3.74. The molecule has 0 unspecified atom stereocenters. The molecule has 0 aromatic heterocycles. The number of benzene rings is 3. The molecule has 168 valence electrons. The zero-order chi connectivity index (χ0) is 22.9. The van der Waals surface area contributed by atoms with Crippen molar-refractivity contribution in [3.63, 3.8) is 0 Å². The lowest BCUT2D eigenvalue weighted by Gasteiger charge is -2.28. The molecule has 7 heteroatoms. The number of rotatable bonds is 6. The summed E-state index contributed by atoms with van der Waals surface area (Å²) in [5.41, 5.74) is 1.88. The number of imide groups is 1. The van der Waals surface area contributed by atoms with Crippen LogP contribution in [0.1, 0.15) is 24.9 Å². The van der Waals surface area contributed by atoms with Crippen LogP contribution < -0.4 is 14.7 Å². The fraction of sp³-hybridized carbons (Fsp3) is 0.231. The molecule has 2 aliphatic rings. The number of carbonyl (C=O) groups is 2. The first-order chi connectivity index (χ1) is 16.1. The molecular formula is C26H23FN2O4. The highest BCUT2D eigenvalue weighted by Crippen LogP contribution is 2.47. The summed E-state index contributed by atoms with van der Waals surface area (Å²) in [5.74, 6) is -1.23. The quantitative estimate of drug-likeness (QED) is 0.515. The van der Waals surface area contributed by atoms with E-state index in [9.17, 15) is 14.0 Å². The molecule has 6 nitrogen and oxygen atoms in total. The first kappa shape index (κ1) is 21.2. The molecule has 3 aromatic carbocycles. The summed E-state index contributed by atoms with van der Waals surface area (Å²) in [7, 11) is 0. The van der Waals surface area contributed by atoms with Gasteiger partial charge in [0.15, 0.2) is 6.10 Å². The average molecular weight is 446 g/mol. The fourth-order valence-corrected chi connectivity index (χ4v) is 4.38. The number of carbonyl (C=O) groups excluding carboxylic acids is 2. The van der Waals surface area contributed by atoms with Gasteiger partial charge in [0.1, 0.15) is 17.5 Å². The van der Waals surface area contributed by atoms with Crippen LogP contribution in [0.4, 0.5) is 15.8 Å². The largest absolute Gasteiger partial charge is 0.494 e. The Morgan fingerprint density at radius 2 is 1.58 bits per heavy atom. The maximum Gasteiger partial charge on any atom is 0.266 e. The minimum absolute atomic E-state index is 0.347. The Labute approximate surface area is 191 Å². The second-order valence-corrected chi connectivity index (χ2v) is 8.06. The summed E-state index contributed by atoms with van der Waals surface area (Å²) in [6, 6.07) is 21.5. The van der Waals surface area contributed by atoms with E-state index < -0.39 is 24.0 Å². The van der Waals surface area contributed by atoms with E-state index >= 15 is 0 Å². The third-order valence-corrected chi connectivity index (χ3v) is 5.91. The Morgan fingerprint density at radius 3 is 2.24 bits per heavy atom. The van der Waals surface area contributed by atoms with Crippen LogP contribution in [0.2, 0.25) is 0 Å². The van der Waals surface area contributed by atoms with E-state index in [0.29, 0.717) is 29.3 Å². The lowest BCUT2D eigenvalue weighted by Crippen LogP contribution is -2.37. The fourth-order valence-electron chi connectivity index (χ4n) is 4.38. The van der Waals surface area contributed by atoms with E-state index in [-0.39, 0.29) is 11.7 Å². The molecule has 5 rings (SSSR count). The van der Waals surface area contributed by atoms with Crippen LogP contribution in [0, 0.1) is 11.7 Å². The van der Waals surface area contributed by atoms with E-state index in [4.69, 9.17) is 9.57 Å². The predicted octanol–water partition coefficient (Wildman–Crippen LogP) is 4.67. The molecule has 2 amide bonds. The number of hydrogen-bond acceptors (Lipinski definition) is 5. The summed E-state index contributed by atoms with van der Waals surface area (Å²) in [6.45, 7) is 2.61. The lowest BCUT2D eigenvalue weighted by atomic mass is 9.90. The Morgan fingerprint density at radius 1 is 0.879 bits per heavy atom. The van der Waals surface area contributed by atoms with Crippen molar-refractivity contribution in [1.29, 1.82) is 0 Å². The molecule has 3 atom stereocenters. The third-order valence-electron chi connectivity index (χ3n) is 5.91. The zero-order valence-corrected chi connectivity index (χ0v) is 18.1. The molecular weight excluding hydrogens is 423 g/mol. The van der Waals surface area contributed by atoms with Crippen molar-refractivity contribution in [3.8, 4) is 5.75 Å². The maximum absolute atomic E-state index is 13.6. The van der Waals surface area contributed by atoms with Crippen molar-refractivity contribution < 1.29 is 23.6 Å². The van der Waals surface area contributed by atoms with Gasteiger partial charge >= 0.3 is 0 Å². The second kappa shape index (κ2) is 8.67. The van der Waals surface area contributed by atoms with Crippen molar-refractivity contribution in [2.45, 2.75) is 25.5 Å². The smallest absolute Gasteiger partial charge is 0.266 e. The molecule has 0 N–H and O–H groups in total. The number of halogens is 1. The van der Waals surface area contributed by atoms with Gasteiger partial charge in [0.25, 0.3) is 5.91 Å². The Bertz CT molecular complexity index is 1150. The molecule has 0 spiro atoms.